The van der Waals surface area contributed by atoms with E-state index >= 15 is 0 Å². The van der Waals surface area contributed by atoms with Gasteiger partial charge in [-0.2, -0.15) is 5.10 Å². The molecule has 5 rings (SSSR count). The highest BCUT2D eigenvalue weighted by molar-refractivity contribution is 5.92. The minimum Gasteiger partial charge on any atom is -0.490 e. The van der Waals surface area contributed by atoms with Crippen molar-refractivity contribution in [3.63, 3.8) is 0 Å². The second kappa shape index (κ2) is 7.55. The lowest BCUT2D eigenvalue weighted by Crippen LogP contribution is -2.41. The van der Waals surface area contributed by atoms with Crippen LogP contribution in [0.2, 0.25) is 0 Å². The van der Waals surface area contributed by atoms with Crippen molar-refractivity contribution in [2.24, 2.45) is 0 Å². The summed E-state index contributed by atoms with van der Waals surface area (Å²) in [7, 11) is 0. The maximum absolute atomic E-state index is 12.6. The topological polar surface area (TPSA) is 72.4 Å². The number of hydrogen-bond acceptors (Lipinski definition) is 4. The van der Waals surface area contributed by atoms with E-state index in [-0.39, 0.29) is 12.0 Å². The van der Waals surface area contributed by atoms with Gasteiger partial charge in [-0.15, -0.1) is 0 Å². The predicted molar refractivity (Wildman–Crippen MR) is 109 cm³/mol. The van der Waals surface area contributed by atoms with Crippen molar-refractivity contribution in [1.82, 2.24) is 19.7 Å². The zero-order valence-electron chi connectivity index (χ0n) is 16.6. The highest BCUT2D eigenvalue weighted by Crippen LogP contribution is 2.32. The lowest BCUT2D eigenvalue weighted by molar-refractivity contribution is 0.0592. The minimum absolute atomic E-state index is 0.00856. The van der Waals surface area contributed by atoms with Crippen LogP contribution < -0.4 is 4.74 Å². The monoisotopic (exact) mass is 394 g/mol. The summed E-state index contributed by atoms with van der Waals surface area (Å²) < 4.78 is 14.2. The molecule has 4 heterocycles. The third kappa shape index (κ3) is 3.51. The van der Waals surface area contributed by atoms with Crippen LogP contribution in [0.5, 0.6) is 5.75 Å². The first kappa shape index (κ1) is 18.2. The number of hydrogen-bond donors (Lipinski definition) is 1. The molecule has 2 saturated heterocycles. The molecule has 0 aliphatic carbocycles. The number of rotatable bonds is 4. The van der Waals surface area contributed by atoms with Crippen molar-refractivity contribution in [2.75, 3.05) is 26.3 Å². The van der Waals surface area contributed by atoms with Gasteiger partial charge in [-0.25, -0.2) is 0 Å². The Labute approximate surface area is 169 Å². The third-order valence-electron chi connectivity index (χ3n) is 5.97. The van der Waals surface area contributed by atoms with Gasteiger partial charge < -0.3 is 18.9 Å². The van der Waals surface area contributed by atoms with Crippen LogP contribution in [0.15, 0.2) is 36.5 Å². The van der Waals surface area contributed by atoms with E-state index in [4.69, 9.17) is 9.47 Å². The highest BCUT2D eigenvalue weighted by atomic mass is 16.5. The summed E-state index contributed by atoms with van der Waals surface area (Å²) in [5.41, 5.74) is 2.58. The molecule has 1 unspecified atom stereocenters. The maximum Gasteiger partial charge on any atom is 0.274 e. The molecule has 1 aromatic carbocycles. The largest absolute Gasteiger partial charge is 0.490 e. The number of likely N-dealkylation sites (tertiary alicyclic amines) is 1. The first-order valence-electron chi connectivity index (χ1n) is 10.3. The minimum atomic E-state index is -0.00856. The summed E-state index contributed by atoms with van der Waals surface area (Å²) in [5, 5.41) is 8.07. The lowest BCUT2D eigenvalue weighted by atomic mass is 10.1. The van der Waals surface area contributed by atoms with Crippen LogP contribution in [0.1, 0.15) is 41.5 Å². The van der Waals surface area contributed by atoms with Crippen molar-refractivity contribution >= 4 is 16.8 Å². The summed E-state index contributed by atoms with van der Waals surface area (Å²) in [6.07, 6.45) is 4.95. The van der Waals surface area contributed by atoms with Gasteiger partial charge in [0.2, 0.25) is 0 Å². The zero-order valence-corrected chi connectivity index (χ0v) is 16.6. The summed E-state index contributed by atoms with van der Waals surface area (Å²) in [4.78, 5) is 14.4. The highest BCUT2D eigenvalue weighted by Gasteiger charge is 2.26. The van der Waals surface area contributed by atoms with E-state index < -0.39 is 0 Å². The Balaban J connectivity index is 1.26. The van der Waals surface area contributed by atoms with Crippen molar-refractivity contribution in [1.29, 1.82) is 0 Å². The zero-order chi connectivity index (χ0) is 19.8. The van der Waals surface area contributed by atoms with Crippen molar-refractivity contribution < 1.29 is 14.3 Å². The molecule has 0 saturated carbocycles. The van der Waals surface area contributed by atoms with E-state index in [2.05, 4.69) is 39.2 Å². The van der Waals surface area contributed by atoms with Gasteiger partial charge in [0.1, 0.15) is 17.5 Å². The maximum atomic E-state index is 12.6. The molecule has 2 aromatic heterocycles. The van der Waals surface area contributed by atoms with Crippen LogP contribution in [0.3, 0.4) is 0 Å². The van der Waals surface area contributed by atoms with E-state index in [0.29, 0.717) is 24.8 Å². The molecule has 0 radical (unpaired) electrons. The van der Waals surface area contributed by atoms with Crippen molar-refractivity contribution in [3.05, 3.63) is 47.9 Å². The Morgan fingerprint density at radius 3 is 2.83 bits per heavy atom. The summed E-state index contributed by atoms with van der Waals surface area (Å²) in [6.45, 7) is 4.88. The molecule has 3 aromatic rings. The molecule has 0 bridgehead atoms. The molecule has 0 spiro atoms. The number of aryl methyl sites for hydroxylation is 1. The Morgan fingerprint density at radius 1 is 1.24 bits per heavy atom. The number of carbonyl (C=O) groups is 1. The Kier molecular flexibility index (Phi) is 4.75. The molecule has 2 aliphatic rings. The number of fused-ring (bicyclic) bond motifs is 1. The Bertz CT molecular complexity index is 1010. The van der Waals surface area contributed by atoms with E-state index in [9.17, 15) is 4.79 Å². The molecular formula is C22H26N4O3. The van der Waals surface area contributed by atoms with Crippen LogP contribution in [0, 0.1) is 6.92 Å². The number of benzene rings is 1. The first-order chi connectivity index (χ1) is 14.2. The van der Waals surface area contributed by atoms with Gasteiger partial charge in [-0.05, 0) is 37.6 Å². The molecule has 1 atom stereocenters. The summed E-state index contributed by atoms with van der Waals surface area (Å²) in [6, 6.07) is 10.6. The fraction of sp³-hybridized carbons (Fsp3) is 0.455. The van der Waals surface area contributed by atoms with Crippen LogP contribution in [-0.2, 0) is 4.74 Å². The predicted octanol–water partition coefficient (Wildman–Crippen LogP) is 3.32. The van der Waals surface area contributed by atoms with Crippen LogP contribution >= 0.6 is 0 Å². The Morgan fingerprint density at radius 2 is 2.10 bits per heavy atom. The summed E-state index contributed by atoms with van der Waals surface area (Å²) >= 11 is 0. The number of ether oxygens (including phenoxy) is 2. The quantitative estimate of drug-likeness (QED) is 0.737. The van der Waals surface area contributed by atoms with E-state index in [1.165, 1.54) is 5.52 Å². The van der Waals surface area contributed by atoms with Gasteiger partial charge in [-0.1, -0.05) is 6.07 Å². The number of nitrogens with zero attached hydrogens (tertiary/aromatic N) is 3. The number of H-pyrrole nitrogens is 1. The van der Waals surface area contributed by atoms with Gasteiger partial charge in [-0.3, -0.25) is 9.89 Å². The number of nitrogens with one attached hydrogen (secondary N) is 1. The standard InChI is InChI=1S/C22H26N4O3/c1-15-13-19(24-23-15)22(27)25-9-5-17(6-10-25)29-21-4-2-3-20-18(21)7-11-26(20)16-8-12-28-14-16/h2-4,7,11,13,16-17H,5-6,8-10,12,14H2,1H3,(H,23,24). The molecular weight excluding hydrogens is 368 g/mol. The molecule has 7 nitrogen and oxygen atoms in total. The summed E-state index contributed by atoms with van der Waals surface area (Å²) in [5.74, 6) is 0.915. The number of aromatic amines is 1. The van der Waals surface area contributed by atoms with Crippen molar-refractivity contribution in [2.45, 2.75) is 38.3 Å². The molecule has 1 amide bonds. The Hall–Kier alpha value is -2.80. The molecule has 2 aliphatic heterocycles. The molecule has 1 N–H and O–H groups in total. The number of amides is 1. The fourth-order valence-electron chi connectivity index (χ4n) is 4.37. The lowest BCUT2D eigenvalue weighted by Gasteiger charge is -2.32. The third-order valence-corrected chi connectivity index (χ3v) is 5.97. The smallest absolute Gasteiger partial charge is 0.274 e. The molecule has 29 heavy (non-hydrogen) atoms. The average molecular weight is 394 g/mol. The van der Waals surface area contributed by atoms with E-state index in [0.717, 1.165) is 49.3 Å². The number of piperidine rings is 1. The van der Waals surface area contributed by atoms with Gasteiger partial charge >= 0.3 is 0 Å². The first-order valence-corrected chi connectivity index (χ1v) is 10.3. The van der Waals surface area contributed by atoms with E-state index in [1.54, 1.807) is 6.07 Å². The second-order valence-electron chi connectivity index (χ2n) is 7.97. The van der Waals surface area contributed by atoms with Crippen LogP contribution in [-0.4, -0.2) is 58.0 Å². The van der Waals surface area contributed by atoms with E-state index in [1.807, 2.05) is 17.9 Å². The fourth-order valence-corrected chi connectivity index (χ4v) is 4.37. The van der Waals surface area contributed by atoms with Crippen LogP contribution in [0.4, 0.5) is 0 Å². The van der Waals surface area contributed by atoms with Gasteiger partial charge in [0.05, 0.1) is 18.2 Å². The normalized spacial score (nSPS) is 20.4. The van der Waals surface area contributed by atoms with Crippen molar-refractivity contribution in [3.8, 4) is 5.75 Å². The van der Waals surface area contributed by atoms with Crippen LogP contribution in [0.25, 0.3) is 10.9 Å². The molecule has 7 heteroatoms. The second-order valence-corrected chi connectivity index (χ2v) is 7.97. The molecule has 152 valence electrons. The van der Waals surface area contributed by atoms with Gasteiger partial charge in [0.25, 0.3) is 5.91 Å². The number of aromatic nitrogens is 3. The molecule has 2 fully saturated rings. The SMILES string of the molecule is Cc1cc(C(=O)N2CCC(Oc3cccc4c3ccn4C3CCOC3)CC2)n[nH]1. The average Bonchev–Trinajstić information content (AvgIpc) is 3.48. The van der Waals surface area contributed by atoms with Gasteiger partial charge in [0, 0.05) is 49.8 Å². The number of carbonyl (C=O) groups excluding carboxylic acids is 1. The van der Waals surface area contributed by atoms with Gasteiger partial charge in [0.15, 0.2) is 0 Å².